The molecule has 20 heavy (non-hydrogen) atoms. The molecular weight excluding hydrogens is 284 g/mol. The number of aliphatic carboxylic acids is 1. The van der Waals surface area contributed by atoms with Crippen LogP contribution in [0.3, 0.4) is 0 Å². The number of rotatable bonds is 6. The number of amides is 1. The number of hydrogen-bond acceptors (Lipinski definition) is 4. The Balaban J connectivity index is 2.64. The van der Waals surface area contributed by atoms with E-state index in [4.69, 9.17) is 5.11 Å². The van der Waals surface area contributed by atoms with Crippen LogP contribution in [0.25, 0.3) is 0 Å². The molecule has 0 radical (unpaired) electrons. The van der Waals surface area contributed by atoms with Gasteiger partial charge in [-0.3, -0.25) is 9.59 Å². The Bertz CT molecular complexity index is 462. The SMILES string of the molecule is CN(CC(=O)N1CCCCC1CCC(=O)O)S(C)(=O)=O. The average Bonchev–Trinajstić information content (AvgIpc) is 2.35. The van der Waals surface area contributed by atoms with E-state index in [0.717, 1.165) is 29.8 Å². The van der Waals surface area contributed by atoms with Crippen molar-refractivity contribution in [1.29, 1.82) is 0 Å². The third-order valence-corrected chi connectivity index (χ3v) is 4.82. The summed E-state index contributed by atoms with van der Waals surface area (Å²) in [4.78, 5) is 24.5. The van der Waals surface area contributed by atoms with E-state index in [0.29, 0.717) is 13.0 Å². The molecule has 1 fully saturated rings. The molecule has 0 spiro atoms. The number of carbonyl (C=O) groups is 2. The molecule has 1 saturated heterocycles. The Morgan fingerprint density at radius 2 is 2.00 bits per heavy atom. The maximum atomic E-state index is 12.2. The van der Waals surface area contributed by atoms with Gasteiger partial charge in [-0.05, 0) is 25.7 Å². The smallest absolute Gasteiger partial charge is 0.303 e. The first-order chi connectivity index (χ1) is 9.21. The number of likely N-dealkylation sites (N-methyl/N-ethyl adjacent to an activating group) is 1. The molecule has 0 aromatic rings. The van der Waals surface area contributed by atoms with Crippen molar-refractivity contribution < 1.29 is 23.1 Å². The first kappa shape index (κ1) is 16.9. The van der Waals surface area contributed by atoms with Gasteiger partial charge in [-0.1, -0.05) is 0 Å². The zero-order chi connectivity index (χ0) is 15.3. The van der Waals surface area contributed by atoms with Crippen molar-refractivity contribution in [2.75, 3.05) is 26.4 Å². The topological polar surface area (TPSA) is 95.0 Å². The second kappa shape index (κ2) is 7.03. The summed E-state index contributed by atoms with van der Waals surface area (Å²) in [6.45, 7) is 0.378. The molecule has 7 nitrogen and oxygen atoms in total. The quantitative estimate of drug-likeness (QED) is 0.752. The number of hydrogen-bond donors (Lipinski definition) is 1. The second-order valence-electron chi connectivity index (χ2n) is 5.19. The van der Waals surface area contributed by atoms with Crippen LogP contribution in [0.5, 0.6) is 0 Å². The second-order valence-corrected chi connectivity index (χ2v) is 7.28. The van der Waals surface area contributed by atoms with Crippen molar-refractivity contribution in [3.05, 3.63) is 0 Å². The number of nitrogens with zero attached hydrogens (tertiary/aromatic N) is 2. The summed E-state index contributed by atoms with van der Waals surface area (Å²) < 4.78 is 23.7. The van der Waals surface area contributed by atoms with Gasteiger partial charge in [0, 0.05) is 26.1 Å². The van der Waals surface area contributed by atoms with Gasteiger partial charge in [0.2, 0.25) is 15.9 Å². The Hall–Kier alpha value is -1.15. The first-order valence-electron chi connectivity index (χ1n) is 6.64. The van der Waals surface area contributed by atoms with Crippen LogP contribution in [0.15, 0.2) is 0 Å². The molecule has 1 aliphatic rings. The molecule has 1 atom stereocenters. The van der Waals surface area contributed by atoms with Gasteiger partial charge in [0.05, 0.1) is 12.8 Å². The van der Waals surface area contributed by atoms with E-state index < -0.39 is 16.0 Å². The molecule has 0 bridgehead atoms. The van der Waals surface area contributed by atoms with Gasteiger partial charge >= 0.3 is 5.97 Å². The Kier molecular flexibility index (Phi) is 5.94. The molecule has 0 aromatic heterocycles. The zero-order valence-electron chi connectivity index (χ0n) is 11.9. The minimum atomic E-state index is -3.39. The maximum absolute atomic E-state index is 12.2. The highest BCUT2D eigenvalue weighted by Crippen LogP contribution is 2.21. The number of carbonyl (C=O) groups excluding carboxylic acids is 1. The van der Waals surface area contributed by atoms with Crippen LogP contribution >= 0.6 is 0 Å². The molecule has 0 aromatic carbocycles. The fourth-order valence-electron chi connectivity index (χ4n) is 2.32. The van der Waals surface area contributed by atoms with Crippen LogP contribution in [-0.2, 0) is 19.6 Å². The third-order valence-electron chi connectivity index (χ3n) is 3.56. The predicted octanol–water partition coefficient (Wildman–Crippen LogP) is 0.124. The van der Waals surface area contributed by atoms with Crippen molar-refractivity contribution >= 4 is 21.9 Å². The molecule has 1 heterocycles. The lowest BCUT2D eigenvalue weighted by molar-refractivity contribution is -0.140. The van der Waals surface area contributed by atoms with E-state index in [1.807, 2.05) is 0 Å². The van der Waals surface area contributed by atoms with Crippen LogP contribution in [0.2, 0.25) is 0 Å². The molecule has 1 rings (SSSR count). The van der Waals surface area contributed by atoms with Crippen LogP contribution in [0.1, 0.15) is 32.1 Å². The average molecular weight is 306 g/mol. The zero-order valence-corrected chi connectivity index (χ0v) is 12.7. The van der Waals surface area contributed by atoms with Gasteiger partial charge in [-0.2, -0.15) is 4.31 Å². The van der Waals surface area contributed by atoms with E-state index in [1.165, 1.54) is 7.05 Å². The predicted molar refractivity (Wildman–Crippen MR) is 73.7 cm³/mol. The number of likely N-dealkylation sites (tertiary alicyclic amines) is 1. The number of carboxylic acids is 1. The van der Waals surface area contributed by atoms with Crippen LogP contribution < -0.4 is 0 Å². The number of piperidine rings is 1. The Labute approximate surface area is 119 Å². The molecule has 116 valence electrons. The van der Waals surface area contributed by atoms with E-state index in [1.54, 1.807) is 4.90 Å². The minimum absolute atomic E-state index is 0.0242. The normalized spacial score (nSPS) is 20.1. The number of sulfonamides is 1. The molecule has 0 saturated carbocycles. The summed E-state index contributed by atoms with van der Waals surface area (Å²) in [7, 11) is -2.02. The van der Waals surface area contributed by atoms with Gasteiger partial charge in [0.25, 0.3) is 0 Å². The summed E-state index contributed by atoms with van der Waals surface area (Å²) in [6, 6.07) is -0.0969. The largest absolute Gasteiger partial charge is 0.481 e. The third kappa shape index (κ3) is 5.09. The van der Waals surface area contributed by atoms with Crippen LogP contribution in [-0.4, -0.2) is 67.0 Å². The molecule has 1 unspecified atom stereocenters. The van der Waals surface area contributed by atoms with Gasteiger partial charge in [0.1, 0.15) is 0 Å². The van der Waals surface area contributed by atoms with Gasteiger partial charge in [0.15, 0.2) is 0 Å². The first-order valence-corrected chi connectivity index (χ1v) is 8.49. The van der Waals surface area contributed by atoms with E-state index in [9.17, 15) is 18.0 Å². The summed E-state index contributed by atoms with van der Waals surface area (Å²) in [6.07, 6.45) is 4.12. The summed E-state index contributed by atoms with van der Waals surface area (Å²) in [5, 5.41) is 8.73. The van der Waals surface area contributed by atoms with Crippen LogP contribution in [0.4, 0.5) is 0 Å². The minimum Gasteiger partial charge on any atom is -0.481 e. The van der Waals surface area contributed by atoms with Gasteiger partial charge < -0.3 is 10.0 Å². The number of carboxylic acid groups (broad SMARTS) is 1. The fraction of sp³-hybridized carbons (Fsp3) is 0.833. The molecule has 0 aliphatic carbocycles. The van der Waals surface area contributed by atoms with Crippen molar-refractivity contribution in [2.24, 2.45) is 0 Å². The Morgan fingerprint density at radius 3 is 2.55 bits per heavy atom. The van der Waals surface area contributed by atoms with Crippen molar-refractivity contribution in [2.45, 2.75) is 38.1 Å². The van der Waals surface area contributed by atoms with Crippen molar-refractivity contribution in [3.63, 3.8) is 0 Å². The van der Waals surface area contributed by atoms with Crippen LogP contribution in [0, 0.1) is 0 Å². The lowest BCUT2D eigenvalue weighted by atomic mass is 9.98. The molecule has 1 amide bonds. The standard InChI is InChI=1S/C12H22N2O5S/c1-13(20(2,18)19)9-11(15)14-8-4-3-5-10(14)6-7-12(16)17/h10H,3-9H2,1-2H3,(H,16,17). The highest BCUT2D eigenvalue weighted by atomic mass is 32.2. The van der Waals surface area contributed by atoms with Gasteiger partial charge in [-0.15, -0.1) is 0 Å². The molecule has 1 N–H and O–H groups in total. The van der Waals surface area contributed by atoms with E-state index in [2.05, 4.69) is 0 Å². The molecule has 8 heteroatoms. The lowest BCUT2D eigenvalue weighted by Gasteiger charge is -2.36. The van der Waals surface area contributed by atoms with E-state index >= 15 is 0 Å². The van der Waals surface area contributed by atoms with Gasteiger partial charge in [-0.25, -0.2) is 8.42 Å². The molecular formula is C12H22N2O5S. The summed E-state index contributed by atoms with van der Waals surface area (Å²) >= 11 is 0. The fourth-order valence-corrected chi connectivity index (χ4v) is 2.66. The highest BCUT2D eigenvalue weighted by molar-refractivity contribution is 7.88. The molecule has 1 aliphatic heterocycles. The maximum Gasteiger partial charge on any atom is 0.303 e. The highest BCUT2D eigenvalue weighted by Gasteiger charge is 2.28. The summed E-state index contributed by atoms with van der Waals surface area (Å²) in [5.74, 6) is -1.13. The summed E-state index contributed by atoms with van der Waals surface area (Å²) in [5.41, 5.74) is 0. The Morgan fingerprint density at radius 1 is 1.35 bits per heavy atom. The van der Waals surface area contributed by atoms with Crippen molar-refractivity contribution in [3.8, 4) is 0 Å². The monoisotopic (exact) mass is 306 g/mol. The van der Waals surface area contributed by atoms with Crippen molar-refractivity contribution in [1.82, 2.24) is 9.21 Å². The van der Waals surface area contributed by atoms with E-state index in [-0.39, 0.29) is 24.9 Å². The lowest BCUT2D eigenvalue weighted by Crippen LogP contribution is -2.48.